The van der Waals surface area contributed by atoms with Gasteiger partial charge in [-0.3, -0.25) is 10.2 Å². The monoisotopic (exact) mass is 313 g/mol. The molecule has 0 spiro atoms. The lowest BCUT2D eigenvalue weighted by molar-refractivity contribution is 0.577. The van der Waals surface area contributed by atoms with Gasteiger partial charge in [0.2, 0.25) is 10.0 Å². The van der Waals surface area contributed by atoms with Crippen LogP contribution >= 0.6 is 0 Å². The first-order valence-electron chi connectivity index (χ1n) is 6.63. The summed E-state index contributed by atoms with van der Waals surface area (Å²) >= 11 is 0. The van der Waals surface area contributed by atoms with Gasteiger partial charge in [-0.2, -0.15) is 10.2 Å². The zero-order valence-corrected chi connectivity index (χ0v) is 12.8. The fourth-order valence-electron chi connectivity index (χ4n) is 1.92. The number of aryl methyl sites for hydroxylation is 1. The molecule has 21 heavy (non-hydrogen) atoms. The highest BCUT2D eigenvalue weighted by molar-refractivity contribution is 7.89. The van der Waals surface area contributed by atoms with Crippen LogP contribution in [-0.2, 0) is 23.0 Å². The van der Waals surface area contributed by atoms with Crippen molar-refractivity contribution in [3.8, 4) is 0 Å². The molecule has 4 N–H and O–H groups in total. The van der Waals surface area contributed by atoms with Crippen LogP contribution in [-0.4, -0.2) is 46.9 Å². The molecule has 2 heterocycles. The van der Waals surface area contributed by atoms with Crippen LogP contribution in [0.5, 0.6) is 0 Å². The van der Waals surface area contributed by atoms with E-state index in [-0.39, 0.29) is 11.4 Å². The topological polar surface area (TPSA) is 128 Å². The van der Waals surface area contributed by atoms with E-state index in [0.717, 1.165) is 6.54 Å². The Morgan fingerprint density at radius 1 is 1.33 bits per heavy atom. The summed E-state index contributed by atoms with van der Waals surface area (Å²) in [7, 11) is -3.61. The zero-order chi connectivity index (χ0) is 15.3. The van der Waals surface area contributed by atoms with E-state index >= 15 is 0 Å². The van der Waals surface area contributed by atoms with Gasteiger partial charge in [-0.25, -0.2) is 18.1 Å². The molecule has 0 amide bonds. The summed E-state index contributed by atoms with van der Waals surface area (Å²) < 4.78 is 27.3. The summed E-state index contributed by atoms with van der Waals surface area (Å²) in [5.74, 6) is 0.634. The van der Waals surface area contributed by atoms with Crippen LogP contribution in [0, 0.1) is 6.92 Å². The van der Waals surface area contributed by atoms with E-state index in [1.807, 2.05) is 6.92 Å². The molecule has 0 bridgehead atoms. The van der Waals surface area contributed by atoms with Crippen molar-refractivity contribution >= 4 is 10.0 Å². The first kappa shape index (κ1) is 15.6. The Labute approximate surface area is 123 Å². The lowest BCUT2D eigenvalue weighted by atomic mass is 10.3. The maximum Gasteiger partial charge on any atom is 0.244 e. The first-order chi connectivity index (χ1) is 10.0. The third-order valence-electron chi connectivity index (χ3n) is 2.89. The van der Waals surface area contributed by atoms with Crippen molar-refractivity contribution in [3.63, 3.8) is 0 Å². The van der Waals surface area contributed by atoms with E-state index in [2.05, 4.69) is 35.4 Å². The summed E-state index contributed by atoms with van der Waals surface area (Å²) in [6, 6.07) is 0. The van der Waals surface area contributed by atoms with Gasteiger partial charge in [0.25, 0.3) is 0 Å². The number of hydrogen-bond acceptors (Lipinski definition) is 6. The van der Waals surface area contributed by atoms with Crippen LogP contribution in [0.3, 0.4) is 0 Å². The molecule has 0 fully saturated rings. The molecular weight excluding hydrogens is 294 g/mol. The van der Waals surface area contributed by atoms with E-state index in [1.165, 1.54) is 6.33 Å². The maximum absolute atomic E-state index is 12.4. The number of nitrogens with one attached hydrogen (secondary N) is 4. The molecule has 0 aromatic carbocycles. The Morgan fingerprint density at radius 2 is 2.14 bits per heavy atom. The predicted octanol–water partition coefficient (Wildman–Crippen LogP) is -0.533. The van der Waals surface area contributed by atoms with Crippen molar-refractivity contribution in [1.82, 2.24) is 35.4 Å². The van der Waals surface area contributed by atoms with Gasteiger partial charge in [0.1, 0.15) is 17.0 Å². The average Bonchev–Trinajstić information content (AvgIpc) is 3.06. The molecule has 10 heteroatoms. The number of H-pyrrole nitrogens is 2. The maximum atomic E-state index is 12.4. The number of aromatic amines is 2. The molecule has 2 aromatic heterocycles. The van der Waals surface area contributed by atoms with E-state index in [1.54, 1.807) is 6.92 Å². The summed E-state index contributed by atoms with van der Waals surface area (Å²) in [4.78, 5) is 4.15. The predicted molar refractivity (Wildman–Crippen MR) is 76.0 cm³/mol. The summed E-state index contributed by atoms with van der Waals surface area (Å²) in [6.45, 7) is 5.02. The Kier molecular flexibility index (Phi) is 5.04. The molecule has 0 aliphatic rings. The second-order valence-corrected chi connectivity index (χ2v) is 6.19. The van der Waals surface area contributed by atoms with Gasteiger partial charge in [0.05, 0.1) is 11.4 Å². The molecule has 0 saturated carbocycles. The van der Waals surface area contributed by atoms with Crippen molar-refractivity contribution in [2.45, 2.75) is 31.7 Å². The second kappa shape index (κ2) is 6.78. The van der Waals surface area contributed by atoms with Crippen LogP contribution in [0.2, 0.25) is 0 Å². The van der Waals surface area contributed by atoms with Crippen molar-refractivity contribution in [2.24, 2.45) is 0 Å². The fourth-order valence-corrected chi connectivity index (χ4v) is 3.31. The van der Waals surface area contributed by atoms with Crippen LogP contribution in [0.15, 0.2) is 11.2 Å². The first-order valence-corrected chi connectivity index (χ1v) is 8.11. The SMILES string of the molecule is CCNCc1n[nH]c(C)c1S(=O)(=O)NCCc1ncn[nH]1. The fraction of sp³-hybridized carbons (Fsp3) is 0.545. The quantitative estimate of drug-likeness (QED) is 0.518. The number of sulfonamides is 1. The number of nitrogens with zero attached hydrogens (tertiary/aromatic N) is 3. The third-order valence-corrected chi connectivity index (χ3v) is 4.55. The molecule has 9 nitrogen and oxygen atoms in total. The van der Waals surface area contributed by atoms with Gasteiger partial charge < -0.3 is 5.32 Å². The summed E-state index contributed by atoms with van der Waals surface area (Å²) in [6.07, 6.45) is 1.83. The highest BCUT2D eigenvalue weighted by Crippen LogP contribution is 2.17. The molecule has 0 radical (unpaired) electrons. The zero-order valence-electron chi connectivity index (χ0n) is 12.0. The molecule has 116 valence electrons. The van der Waals surface area contributed by atoms with Crippen molar-refractivity contribution in [2.75, 3.05) is 13.1 Å². The molecular formula is C11H19N7O2S. The Morgan fingerprint density at radius 3 is 2.81 bits per heavy atom. The number of rotatable bonds is 8. The number of hydrogen-bond donors (Lipinski definition) is 4. The normalized spacial score (nSPS) is 11.9. The lowest BCUT2D eigenvalue weighted by Gasteiger charge is -2.07. The second-order valence-electron chi connectivity index (χ2n) is 4.48. The summed E-state index contributed by atoms with van der Waals surface area (Å²) in [5, 5.41) is 16.2. The molecule has 0 unspecified atom stereocenters. The van der Waals surface area contributed by atoms with Gasteiger partial charge in [-0.15, -0.1) is 0 Å². The van der Waals surface area contributed by atoms with Gasteiger partial charge in [0, 0.05) is 19.5 Å². The van der Waals surface area contributed by atoms with E-state index < -0.39 is 10.0 Å². The largest absolute Gasteiger partial charge is 0.311 e. The van der Waals surface area contributed by atoms with Gasteiger partial charge in [-0.05, 0) is 13.5 Å². The van der Waals surface area contributed by atoms with E-state index in [9.17, 15) is 8.42 Å². The van der Waals surface area contributed by atoms with Gasteiger partial charge >= 0.3 is 0 Å². The minimum absolute atomic E-state index is 0.209. The third kappa shape index (κ3) is 3.86. The minimum atomic E-state index is -3.61. The van der Waals surface area contributed by atoms with Crippen molar-refractivity contribution < 1.29 is 8.42 Å². The highest BCUT2D eigenvalue weighted by Gasteiger charge is 2.23. The molecule has 2 aromatic rings. The van der Waals surface area contributed by atoms with Crippen LogP contribution in [0.25, 0.3) is 0 Å². The van der Waals surface area contributed by atoms with Gasteiger partial charge in [0.15, 0.2) is 0 Å². The van der Waals surface area contributed by atoms with Gasteiger partial charge in [-0.1, -0.05) is 6.92 Å². The molecule has 2 rings (SSSR count). The molecule has 0 aliphatic heterocycles. The molecule has 0 atom stereocenters. The molecule has 0 aliphatic carbocycles. The Balaban J connectivity index is 2.06. The van der Waals surface area contributed by atoms with E-state index in [4.69, 9.17) is 0 Å². The lowest BCUT2D eigenvalue weighted by Crippen LogP contribution is -2.28. The molecule has 0 saturated heterocycles. The minimum Gasteiger partial charge on any atom is -0.311 e. The highest BCUT2D eigenvalue weighted by atomic mass is 32.2. The van der Waals surface area contributed by atoms with Crippen LogP contribution in [0.1, 0.15) is 24.1 Å². The van der Waals surface area contributed by atoms with Crippen LogP contribution < -0.4 is 10.0 Å². The van der Waals surface area contributed by atoms with Crippen molar-refractivity contribution in [3.05, 3.63) is 23.5 Å². The number of aromatic nitrogens is 5. The standard InChI is InChI=1S/C11H19N7O2S/c1-3-12-6-9-11(8(2)16-17-9)21(19,20)15-5-4-10-13-7-14-18-10/h7,12,15H,3-6H2,1-2H3,(H,16,17)(H,13,14,18). The smallest absolute Gasteiger partial charge is 0.244 e. The van der Waals surface area contributed by atoms with E-state index in [0.29, 0.717) is 30.2 Å². The average molecular weight is 313 g/mol. The Bertz CT molecular complexity index is 663. The van der Waals surface area contributed by atoms with Crippen molar-refractivity contribution in [1.29, 1.82) is 0 Å². The summed E-state index contributed by atoms with van der Waals surface area (Å²) in [5.41, 5.74) is 1.01. The Hall–Kier alpha value is -1.78. The van der Waals surface area contributed by atoms with Crippen LogP contribution in [0.4, 0.5) is 0 Å².